The summed E-state index contributed by atoms with van der Waals surface area (Å²) in [5, 5.41) is 15.9. The minimum Gasteiger partial charge on any atom is -0.481 e. The zero-order valence-corrected chi connectivity index (χ0v) is 11.0. The van der Waals surface area contributed by atoms with Gasteiger partial charge in [-0.25, -0.2) is 0 Å². The molecule has 5 heteroatoms. The van der Waals surface area contributed by atoms with E-state index in [1.54, 1.807) is 11.3 Å². The predicted octanol–water partition coefficient (Wildman–Crippen LogP) is 2.05. The lowest BCUT2D eigenvalue weighted by molar-refractivity contribution is -0.148. The van der Waals surface area contributed by atoms with Gasteiger partial charge in [-0.05, 0) is 35.2 Å². The first-order valence-electron chi connectivity index (χ1n) is 6.14. The first-order valence-corrected chi connectivity index (χ1v) is 7.08. The van der Waals surface area contributed by atoms with E-state index in [-0.39, 0.29) is 12.5 Å². The van der Waals surface area contributed by atoms with Crippen molar-refractivity contribution in [3.8, 4) is 0 Å². The highest BCUT2D eigenvalue weighted by atomic mass is 32.1. The Labute approximate surface area is 110 Å². The molecule has 0 aliphatic heterocycles. The maximum absolute atomic E-state index is 11.7. The first kappa shape index (κ1) is 13.1. The number of carboxylic acid groups (broad SMARTS) is 1. The van der Waals surface area contributed by atoms with Gasteiger partial charge in [-0.1, -0.05) is 12.8 Å². The van der Waals surface area contributed by atoms with Crippen molar-refractivity contribution < 1.29 is 14.7 Å². The summed E-state index contributed by atoms with van der Waals surface area (Å²) in [7, 11) is 0. The third-order valence-corrected chi connectivity index (χ3v) is 4.32. The second kappa shape index (κ2) is 5.52. The number of carbonyl (C=O) groups excluding carboxylic acids is 1. The fraction of sp³-hybridized carbons (Fsp3) is 0.538. The van der Waals surface area contributed by atoms with Crippen LogP contribution in [0.15, 0.2) is 16.8 Å². The second-order valence-corrected chi connectivity index (χ2v) is 5.66. The van der Waals surface area contributed by atoms with Crippen LogP contribution in [0, 0.1) is 5.41 Å². The molecule has 1 amide bonds. The van der Waals surface area contributed by atoms with E-state index in [1.165, 1.54) is 0 Å². The minimum absolute atomic E-state index is 0.0964. The molecule has 18 heavy (non-hydrogen) atoms. The van der Waals surface area contributed by atoms with Gasteiger partial charge < -0.3 is 10.4 Å². The Bertz CT molecular complexity index is 421. The summed E-state index contributed by atoms with van der Waals surface area (Å²) in [6, 6.07) is 1.91. The molecule has 0 bridgehead atoms. The number of carbonyl (C=O) groups is 2. The molecular weight excluding hydrogens is 250 g/mol. The zero-order valence-electron chi connectivity index (χ0n) is 10.1. The topological polar surface area (TPSA) is 66.4 Å². The molecule has 1 aliphatic rings. The summed E-state index contributed by atoms with van der Waals surface area (Å²) in [6.07, 6.45) is 3.54. The SMILES string of the molecule is O=C(Cc1ccsc1)NCC1(C(=O)O)CCCC1. The molecule has 1 fully saturated rings. The fourth-order valence-electron chi connectivity index (χ4n) is 2.43. The number of rotatable bonds is 5. The Hall–Kier alpha value is -1.36. The van der Waals surface area contributed by atoms with Crippen LogP contribution in [-0.4, -0.2) is 23.5 Å². The van der Waals surface area contributed by atoms with Crippen LogP contribution in [-0.2, 0) is 16.0 Å². The van der Waals surface area contributed by atoms with Crippen molar-refractivity contribution in [2.24, 2.45) is 5.41 Å². The number of amides is 1. The van der Waals surface area contributed by atoms with Gasteiger partial charge in [0, 0.05) is 6.54 Å². The monoisotopic (exact) mass is 267 g/mol. The van der Waals surface area contributed by atoms with Crippen molar-refractivity contribution in [3.63, 3.8) is 0 Å². The lowest BCUT2D eigenvalue weighted by atomic mass is 9.86. The maximum Gasteiger partial charge on any atom is 0.311 e. The van der Waals surface area contributed by atoms with Crippen LogP contribution in [0.5, 0.6) is 0 Å². The first-order chi connectivity index (χ1) is 8.62. The van der Waals surface area contributed by atoms with E-state index in [9.17, 15) is 14.7 Å². The van der Waals surface area contributed by atoms with Gasteiger partial charge in [0.1, 0.15) is 0 Å². The van der Waals surface area contributed by atoms with E-state index in [2.05, 4.69) is 5.32 Å². The molecule has 2 rings (SSSR count). The van der Waals surface area contributed by atoms with Crippen molar-refractivity contribution in [2.75, 3.05) is 6.54 Å². The van der Waals surface area contributed by atoms with Crippen molar-refractivity contribution in [1.29, 1.82) is 0 Å². The van der Waals surface area contributed by atoms with Crippen molar-refractivity contribution in [1.82, 2.24) is 5.32 Å². The summed E-state index contributed by atoms with van der Waals surface area (Å²) in [5.74, 6) is -0.878. The highest BCUT2D eigenvalue weighted by molar-refractivity contribution is 7.07. The van der Waals surface area contributed by atoms with Gasteiger partial charge in [-0.15, -0.1) is 0 Å². The molecule has 1 aromatic heterocycles. The molecule has 0 saturated heterocycles. The molecule has 2 N–H and O–H groups in total. The quantitative estimate of drug-likeness (QED) is 0.858. The van der Waals surface area contributed by atoms with E-state index in [1.807, 2.05) is 16.8 Å². The molecule has 1 aliphatic carbocycles. The molecule has 0 spiro atoms. The lowest BCUT2D eigenvalue weighted by Gasteiger charge is -2.23. The van der Waals surface area contributed by atoms with Crippen molar-refractivity contribution >= 4 is 23.2 Å². The van der Waals surface area contributed by atoms with Gasteiger partial charge in [-0.3, -0.25) is 9.59 Å². The van der Waals surface area contributed by atoms with Crippen LogP contribution in [0.25, 0.3) is 0 Å². The smallest absolute Gasteiger partial charge is 0.311 e. The molecule has 0 unspecified atom stereocenters. The van der Waals surface area contributed by atoms with Crippen LogP contribution in [0.3, 0.4) is 0 Å². The summed E-state index contributed by atoms with van der Waals surface area (Å²) in [5.41, 5.74) is 0.248. The van der Waals surface area contributed by atoms with Crippen LogP contribution in [0.2, 0.25) is 0 Å². The van der Waals surface area contributed by atoms with Crippen LogP contribution < -0.4 is 5.32 Å². The maximum atomic E-state index is 11.7. The Morgan fingerprint density at radius 3 is 2.67 bits per heavy atom. The summed E-state index contributed by atoms with van der Waals surface area (Å²) in [6.45, 7) is 0.255. The number of carboxylic acids is 1. The molecule has 1 saturated carbocycles. The van der Waals surface area contributed by atoms with Crippen molar-refractivity contribution in [2.45, 2.75) is 32.1 Å². The Morgan fingerprint density at radius 2 is 2.11 bits per heavy atom. The highest BCUT2D eigenvalue weighted by Crippen LogP contribution is 2.37. The average molecular weight is 267 g/mol. The summed E-state index contributed by atoms with van der Waals surface area (Å²) >= 11 is 1.56. The number of hydrogen-bond acceptors (Lipinski definition) is 3. The zero-order chi connectivity index (χ0) is 13.0. The van der Waals surface area contributed by atoms with E-state index in [4.69, 9.17) is 0 Å². The lowest BCUT2D eigenvalue weighted by Crippen LogP contribution is -2.41. The average Bonchev–Trinajstić information content (AvgIpc) is 2.97. The molecule has 1 aromatic rings. The van der Waals surface area contributed by atoms with Gasteiger partial charge in [0.05, 0.1) is 11.8 Å². The Morgan fingerprint density at radius 1 is 1.39 bits per heavy atom. The van der Waals surface area contributed by atoms with Crippen LogP contribution in [0.1, 0.15) is 31.2 Å². The normalized spacial score (nSPS) is 17.6. The minimum atomic E-state index is -0.782. The number of aliphatic carboxylic acids is 1. The number of nitrogens with one attached hydrogen (secondary N) is 1. The highest BCUT2D eigenvalue weighted by Gasteiger charge is 2.41. The third kappa shape index (κ3) is 2.90. The molecule has 4 nitrogen and oxygen atoms in total. The molecule has 1 heterocycles. The Balaban J connectivity index is 1.86. The summed E-state index contributed by atoms with van der Waals surface area (Å²) in [4.78, 5) is 23.0. The van der Waals surface area contributed by atoms with Gasteiger partial charge in [0.2, 0.25) is 5.91 Å². The van der Waals surface area contributed by atoms with E-state index >= 15 is 0 Å². The Kier molecular flexibility index (Phi) is 4.01. The molecule has 98 valence electrons. The molecule has 0 radical (unpaired) electrons. The predicted molar refractivity (Wildman–Crippen MR) is 69.6 cm³/mol. The van der Waals surface area contributed by atoms with E-state index in [0.717, 1.165) is 18.4 Å². The van der Waals surface area contributed by atoms with Crippen LogP contribution in [0.4, 0.5) is 0 Å². The number of thiophene rings is 1. The van der Waals surface area contributed by atoms with E-state index < -0.39 is 11.4 Å². The van der Waals surface area contributed by atoms with Gasteiger partial charge in [-0.2, -0.15) is 11.3 Å². The molecule has 0 aromatic carbocycles. The fourth-order valence-corrected chi connectivity index (χ4v) is 3.10. The van der Waals surface area contributed by atoms with Gasteiger partial charge in [0.15, 0.2) is 0 Å². The van der Waals surface area contributed by atoms with Gasteiger partial charge >= 0.3 is 5.97 Å². The third-order valence-electron chi connectivity index (χ3n) is 3.58. The van der Waals surface area contributed by atoms with Gasteiger partial charge in [0.25, 0.3) is 0 Å². The summed E-state index contributed by atoms with van der Waals surface area (Å²) < 4.78 is 0. The van der Waals surface area contributed by atoms with Crippen LogP contribution >= 0.6 is 11.3 Å². The standard InChI is InChI=1S/C13H17NO3S/c15-11(7-10-3-6-18-8-10)14-9-13(12(16)17)4-1-2-5-13/h3,6,8H,1-2,4-5,7,9H2,(H,14,15)(H,16,17). The van der Waals surface area contributed by atoms with E-state index in [0.29, 0.717) is 19.3 Å². The molecule has 0 atom stereocenters. The van der Waals surface area contributed by atoms with Crippen molar-refractivity contribution in [3.05, 3.63) is 22.4 Å². The number of hydrogen-bond donors (Lipinski definition) is 2. The molecular formula is C13H17NO3S. The second-order valence-electron chi connectivity index (χ2n) is 4.88. The largest absolute Gasteiger partial charge is 0.481 e.